The van der Waals surface area contributed by atoms with Crippen LogP contribution in [0.2, 0.25) is 4.34 Å². The molecule has 16 heavy (non-hydrogen) atoms. The summed E-state index contributed by atoms with van der Waals surface area (Å²) in [5.41, 5.74) is 5.66. The van der Waals surface area contributed by atoms with Crippen LogP contribution < -0.4 is 5.73 Å². The molecule has 0 aromatic carbocycles. The zero-order valence-corrected chi connectivity index (χ0v) is 10.1. The molecule has 0 spiro atoms. The SMILES string of the molecule is NCC(OCc1ccco1)c1ccc(Cl)s1. The van der Waals surface area contributed by atoms with Gasteiger partial charge in [0.05, 0.1) is 10.6 Å². The number of hydrogen-bond acceptors (Lipinski definition) is 4. The summed E-state index contributed by atoms with van der Waals surface area (Å²) in [6.45, 7) is 0.849. The van der Waals surface area contributed by atoms with Gasteiger partial charge >= 0.3 is 0 Å². The van der Waals surface area contributed by atoms with Crippen LogP contribution in [0.15, 0.2) is 34.9 Å². The lowest BCUT2D eigenvalue weighted by Gasteiger charge is -2.13. The molecule has 0 saturated carbocycles. The van der Waals surface area contributed by atoms with Crippen LogP contribution in [0.25, 0.3) is 0 Å². The van der Waals surface area contributed by atoms with Gasteiger partial charge < -0.3 is 14.9 Å². The van der Waals surface area contributed by atoms with Crippen LogP contribution in [0.4, 0.5) is 0 Å². The van der Waals surface area contributed by atoms with E-state index in [0.717, 1.165) is 15.0 Å². The first-order valence-electron chi connectivity index (χ1n) is 4.89. The Morgan fingerprint density at radius 2 is 2.31 bits per heavy atom. The molecule has 2 heterocycles. The minimum atomic E-state index is -0.123. The Morgan fingerprint density at radius 3 is 2.88 bits per heavy atom. The topological polar surface area (TPSA) is 48.4 Å². The smallest absolute Gasteiger partial charge is 0.129 e. The van der Waals surface area contributed by atoms with Gasteiger partial charge in [0.25, 0.3) is 0 Å². The van der Waals surface area contributed by atoms with Crippen molar-refractivity contribution in [2.75, 3.05) is 6.54 Å². The number of hydrogen-bond donors (Lipinski definition) is 1. The first kappa shape index (κ1) is 11.7. The normalized spacial score (nSPS) is 12.9. The van der Waals surface area contributed by atoms with Crippen molar-refractivity contribution in [3.63, 3.8) is 0 Å². The molecule has 0 aliphatic rings. The van der Waals surface area contributed by atoms with Gasteiger partial charge in [-0.15, -0.1) is 11.3 Å². The molecule has 2 aromatic rings. The molecule has 0 radical (unpaired) electrons. The molecule has 5 heteroatoms. The van der Waals surface area contributed by atoms with Crippen molar-refractivity contribution in [2.24, 2.45) is 5.73 Å². The molecule has 2 rings (SSSR count). The first-order chi connectivity index (χ1) is 7.79. The lowest BCUT2D eigenvalue weighted by molar-refractivity contribution is 0.0377. The Bertz CT molecular complexity index is 427. The third-order valence-electron chi connectivity index (χ3n) is 2.13. The van der Waals surface area contributed by atoms with Gasteiger partial charge in [0.2, 0.25) is 0 Å². The van der Waals surface area contributed by atoms with Crippen molar-refractivity contribution in [1.29, 1.82) is 0 Å². The molecule has 1 unspecified atom stereocenters. The Labute approximate surface area is 103 Å². The van der Waals surface area contributed by atoms with Crippen molar-refractivity contribution in [2.45, 2.75) is 12.7 Å². The molecular formula is C11H12ClNO2S. The second kappa shape index (κ2) is 5.50. The van der Waals surface area contributed by atoms with Crippen LogP contribution in [0, 0.1) is 0 Å². The summed E-state index contributed by atoms with van der Waals surface area (Å²) in [7, 11) is 0. The van der Waals surface area contributed by atoms with Crippen LogP contribution in [0.1, 0.15) is 16.7 Å². The van der Waals surface area contributed by atoms with Gasteiger partial charge in [0.15, 0.2) is 0 Å². The highest BCUT2D eigenvalue weighted by atomic mass is 35.5. The van der Waals surface area contributed by atoms with Gasteiger partial charge in [-0.1, -0.05) is 11.6 Å². The van der Waals surface area contributed by atoms with E-state index >= 15 is 0 Å². The highest BCUT2D eigenvalue weighted by molar-refractivity contribution is 7.16. The molecule has 0 aliphatic carbocycles. The molecule has 0 saturated heterocycles. The molecular weight excluding hydrogens is 246 g/mol. The largest absolute Gasteiger partial charge is 0.467 e. The zero-order valence-electron chi connectivity index (χ0n) is 8.56. The Kier molecular flexibility index (Phi) is 4.01. The number of furan rings is 1. The third kappa shape index (κ3) is 2.86. The van der Waals surface area contributed by atoms with Crippen molar-refractivity contribution in [3.8, 4) is 0 Å². The van der Waals surface area contributed by atoms with E-state index in [9.17, 15) is 0 Å². The predicted molar refractivity (Wildman–Crippen MR) is 64.6 cm³/mol. The first-order valence-corrected chi connectivity index (χ1v) is 6.08. The summed E-state index contributed by atoms with van der Waals surface area (Å²) in [4.78, 5) is 1.04. The van der Waals surface area contributed by atoms with Crippen LogP contribution >= 0.6 is 22.9 Å². The van der Waals surface area contributed by atoms with Crippen molar-refractivity contribution >= 4 is 22.9 Å². The predicted octanol–water partition coefficient (Wildman–Crippen LogP) is 3.21. The van der Waals surface area contributed by atoms with E-state index in [0.29, 0.717) is 13.2 Å². The molecule has 2 aromatic heterocycles. The van der Waals surface area contributed by atoms with E-state index in [-0.39, 0.29) is 6.10 Å². The minimum Gasteiger partial charge on any atom is -0.467 e. The molecule has 0 aliphatic heterocycles. The summed E-state index contributed by atoms with van der Waals surface area (Å²) in [5, 5.41) is 0. The maximum atomic E-state index is 5.86. The summed E-state index contributed by atoms with van der Waals surface area (Å²) >= 11 is 7.35. The number of rotatable bonds is 5. The quantitative estimate of drug-likeness (QED) is 0.895. The van der Waals surface area contributed by atoms with Crippen LogP contribution in [-0.2, 0) is 11.3 Å². The fourth-order valence-electron chi connectivity index (χ4n) is 1.35. The number of ether oxygens (including phenoxy) is 1. The molecule has 1 atom stereocenters. The van der Waals surface area contributed by atoms with Gasteiger partial charge in [0.1, 0.15) is 18.5 Å². The maximum Gasteiger partial charge on any atom is 0.129 e. The van der Waals surface area contributed by atoms with Crippen molar-refractivity contribution in [3.05, 3.63) is 45.5 Å². The van der Waals surface area contributed by atoms with Crippen LogP contribution in [-0.4, -0.2) is 6.54 Å². The average molecular weight is 258 g/mol. The summed E-state index contributed by atoms with van der Waals surface area (Å²) in [5.74, 6) is 0.793. The van der Waals surface area contributed by atoms with E-state index < -0.39 is 0 Å². The minimum absolute atomic E-state index is 0.123. The van der Waals surface area contributed by atoms with Crippen molar-refractivity contribution < 1.29 is 9.15 Å². The average Bonchev–Trinajstić information content (AvgIpc) is 2.91. The lowest BCUT2D eigenvalue weighted by atomic mass is 10.3. The summed E-state index contributed by atoms with van der Waals surface area (Å²) < 4.78 is 11.6. The second-order valence-electron chi connectivity index (χ2n) is 3.26. The number of thiophene rings is 1. The number of halogens is 1. The van der Waals surface area contributed by atoms with Gasteiger partial charge in [-0.25, -0.2) is 0 Å². The van der Waals surface area contributed by atoms with Gasteiger partial charge in [-0.05, 0) is 24.3 Å². The van der Waals surface area contributed by atoms with E-state index in [1.807, 2.05) is 24.3 Å². The number of nitrogens with two attached hydrogens (primary N) is 1. The Balaban J connectivity index is 1.96. The Hall–Kier alpha value is -0.810. The maximum absolute atomic E-state index is 5.86. The standard InChI is InChI=1S/C11H12ClNO2S/c12-11-4-3-10(16-11)9(6-13)15-7-8-2-1-5-14-8/h1-5,9H,6-7,13H2. The fraction of sp³-hybridized carbons (Fsp3) is 0.273. The van der Waals surface area contributed by atoms with Gasteiger partial charge in [0, 0.05) is 11.4 Å². The highest BCUT2D eigenvalue weighted by Crippen LogP contribution is 2.29. The van der Waals surface area contributed by atoms with Crippen LogP contribution in [0.3, 0.4) is 0 Å². The molecule has 86 valence electrons. The highest BCUT2D eigenvalue weighted by Gasteiger charge is 2.13. The third-order valence-corrected chi connectivity index (χ3v) is 3.46. The molecule has 3 nitrogen and oxygen atoms in total. The molecule has 0 bridgehead atoms. The fourth-order valence-corrected chi connectivity index (χ4v) is 2.47. The summed E-state index contributed by atoms with van der Waals surface area (Å²) in [6, 6.07) is 7.49. The monoisotopic (exact) mass is 257 g/mol. The van der Waals surface area contributed by atoms with Gasteiger partial charge in [-0.3, -0.25) is 0 Å². The lowest BCUT2D eigenvalue weighted by Crippen LogP contribution is -2.14. The van der Waals surface area contributed by atoms with Gasteiger partial charge in [-0.2, -0.15) is 0 Å². The zero-order chi connectivity index (χ0) is 11.4. The van der Waals surface area contributed by atoms with Crippen LogP contribution in [0.5, 0.6) is 0 Å². The van der Waals surface area contributed by atoms with E-state index in [1.54, 1.807) is 6.26 Å². The second-order valence-corrected chi connectivity index (χ2v) is 5.00. The van der Waals surface area contributed by atoms with Crippen molar-refractivity contribution in [1.82, 2.24) is 0 Å². The van der Waals surface area contributed by atoms with E-state index in [4.69, 9.17) is 26.5 Å². The Morgan fingerprint density at radius 1 is 1.44 bits per heavy atom. The summed E-state index contributed by atoms with van der Waals surface area (Å²) in [6.07, 6.45) is 1.50. The van der Waals surface area contributed by atoms with E-state index in [2.05, 4.69) is 0 Å². The molecule has 0 fully saturated rings. The molecule has 0 amide bonds. The molecule has 2 N–H and O–H groups in total. The van der Waals surface area contributed by atoms with E-state index in [1.165, 1.54) is 11.3 Å².